The third-order valence-electron chi connectivity index (χ3n) is 3.48. The van der Waals surface area contributed by atoms with Crippen LogP contribution in [0.25, 0.3) is 0 Å². The monoisotopic (exact) mass is 434 g/mol. The van der Waals surface area contributed by atoms with Gasteiger partial charge < -0.3 is 5.11 Å². The molecule has 0 amide bonds. The fourth-order valence-electron chi connectivity index (χ4n) is 2.39. The van der Waals surface area contributed by atoms with E-state index in [-0.39, 0.29) is 0 Å². The van der Waals surface area contributed by atoms with E-state index < -0.39 is 5.60 Å². The van der Waals surface area contributed by atoms with Gasteiger partial charge in [0.15, 0.2) is 0 Å². The molecule has 2 aromatic rings. The molecule has 6 heteroatoms. The second-order valence-corrected chi connectivity index (χ2v) is 7.35. The van der Waals surface area contributed by atoms with Crippen LogP contribution >= 0.6 is 43.5 Å². The molecule has 1 atom stereocenters. The molecule has 0 aliphatic heterocycles. The minimum absolute atomic E-state index is 0.434. The molecule has 0 aliphatic carbocycles. The van der Waals surface area contributed by atoms with Crippen LogP contribution in [0.4, 0.5) is 0 Å². The molecule has 0 aliphatic rings. The lowest BCUT2D eigenvalue weighted by Crippen LogP contribution is -2.26. The number of nitrogens with zero attached hydrogens (tertiary/aromatic N) is 2. The minimum Gasteiger partial charge on any atom is -0.385 e. The number of halogens is 3. The molecule has 0 fully saturated rings. The van der Waals surface area contributed by atoms with E-state index >= 15 is 0 Å². The second-order valence-electron chi connectivity index (χ2n) is 5.24. The van der Waals surface area contributed by atoms with Crippen LogP contribution in [-0.2, 0) is 18.6 Å². The van der Waals surface area contributed by atoms with Crippen LogP contribution in [0.3, 0.4) is 0 Å². The Morgan fingerprint density at radius 1 is 1.38 bits per heavy atom. The zero-order chi connectivity index (χ0) is 15.8. The molecule has 1 aromatic heterocycles. The van der Waals surface area contributed by atoms with E-state index in [1.807, 2.05) is 30.7 Å². The molecular formula is C15H17Br2ClN2O. The summed E-state index contributed by atoms with van der Waals surface area (Å²) in [6, 6.07) is 5.52. The van der Waals surface area contributed by atoms with Crippen molar-refractivity contribution < 1.29 is 5.11 Å². The first-order chi connectivity index (χ1) is 9.76. The first-order valence-electron chi connectivity index (χ1n) is 6.66. The van der Waals surface area contributed by atoms with Gasteiger partial charge in [-0.1, -0.05) is 33.6 Å². The molecule has 2 rings (SSSR count). The van der Waals surface area contributed by atoms with Crippen LogP contribution in [-0.4, -0.2) is 14.9 Å². The fourth-order valence-corrected chi connectivity index (χ4v) is 3.69. The standard InChI is InChI=1S/C15H17Br2ClN2O/c1-4-20-13(14(17)9(2)19-20)8-15(3,21)11-6-5-10(16)7-12(11)18/h5-7,21H,4,8H2,1-3H3. The Hall–Kier alpha value is -0.360. The SMILES string of the molecule is CCn1nc(C)c(Br)c1CC(C)(O)c1ccc(Br)cc1Cl. The first kappa shape index (κ1) is 17.0. The predicted molar refractivity (Wildman–Crippen MR) is 92.8 cm³/mol. The zero-order valence-electron chi connectivity index (χ0n) is 12.1. The van der Waals surface area contributed by atoms with Crippen molar-refractivity contribution in [2.75, 3.05) is 0 Å². The molecule has 114 valence electrons. The van der Waals surface area contributed by atoms with Crippen molar-refractivity contribution in [1.29, 1.82) is 0 Å². The molecule has 0 saturated heterocycles. The lowest BCUT2D eigenvalue weighted by Gasteiger charge is -2.25. The minimum atomic E-state index is -1.07. The molecule has 0 radical (unpaired) electrons. The first-order valence-corrected chi connectivity index (χ1v) is 8.62. The molecule has 1 heterocycles. The Balaban J connectivity index is 2.41. The summed E-state index contributed by atoms with van der Waals surface area (Å²) >= 11 is 13.2. The van der Waals surface area contributed by atoms with Gasteiger partial charge in [-0.25, -0.2) is 0 Å². The Labute approximate surface area is 146 Å². The van der Waals surface area contributed by atoms with Gasteiger partial charge in [0.1, 0.15) is 0 Å². The number of rotatable bonds is 4. The van der Waals surface area contributed by atoms with E-state index in [4.69, 9.17) is 11.6 Å². The third kappa shape index (κ3) is 3.52. The number of aryl methyl sites for hydroxylation is 2. The van der Waals surface area contributed by atoms with E-state index in [0.29, 0.717) is 17.0 Å². The van der Waals surface area contributed by atoms with Crippen molar-refractivity contribution in [3.05, 3.63) is 49.1 Å². The van der Waals surface area contributed by atoms with E-state index in [1.54, 1.807) is 13.0 Å². The lowest BCUT2D eigenvalue weighted by molar-refractivity contribution is 0.0553. The Bertz CT molecular complexity index is 668. The van der Waals surface area contributed by atoms with Crippen LogP contribution in [0.5, 0.6) is 0 Å². The van der Waals surface area contributed by atoms with Crippen LogP contribution in [0.15, 0.2) is 27.1 Å². The van der Waals surface area contributed by atoms with Crippen molar-refractivity contribution >= 4 is 43.5 Å². The van der Waals surface area contributed by atoms with E-state index in [9.17, 15) is 5.11 Å². The molecule has 1 unspecified atom stereocenters. The maximum atomic E-state index is 10.9. The van der Waals surface area contributed by atoms with Gasteiger partial charge in [0.05, 0.1) is 21.5 Å². The van der Waals surface area contributed by atoms with Crippen molar-refractivity contribution in [3.63, 3.8) is 0 Å². The van der Waals surface area contributed by atoms with Gasteiger partial charge in [0.25, 0.3) is 0 Å². The van der Waals surface area contributed by atoms with Gasteiger partial charge in [-0.2, -0.15) is 5.10 Å². The zero-order valence-corrected chi connectivity index (χ0v) is 16.0. The number of aromatic nitrogens is 2. The van der Waals surface area contributed by atoms with Crippen molar-refractivity contribution in [1.82, 2.24) is 9.78 Å². The van der Waals surface area contributed by atoms with Gasteiger partial charge in [0, 0.05) is 28.0 Å². The summed E-state index contributed by atoms with van der Waals surface area (Å²) in [5.41, 5.74) is 1.53. The number of hydrogen-bond donors (Lipinski definition) is 1. The molecule has 1 N–H and O–H groups in total. The molecule has 0 spiro atoms. The van der Waals surface area contributed by atoms with Crippen molar-refractivity contribution in [2.24, 2.45) is 0 Å². The smallest absolute Gasteiger partial charge is 0.0938 e. The molecule has 21 heavy (non-hydrogen) atoms. The number of aliphatic hydroxyl groups is 1. The van der Waals surface area contributed by atoms with Crippen LogP contribution in [0, 0.1) is 6.92 Å². The summed E-state index contributed by atoms with van der Waals surface area (Å²) in [6.07, 6.45) is 0.434. The van der Waals surface area contributed by atoms with Gasteiger partial charge in [0.2, 0.25) is 0 Å². The summed E-state index contributed by atoms with van der Waals surface area (Å²) in [5, 5.41) is 15.9. The molecule has 0 saturated carbocycles. The normalized spacial score (nSPS) is 14.2. The van der Waals surface area contributed by atoms with Gasteiger partial charge in [-0.3, -0.25) is 4.68 Å². The summed E-state index contributed by atoms with van der Waals surface area (Å²) in [6.45, 7) is 6.51. The highest BCUT2D eigenvalue weighted by Crippen LogP contribution is 2.35. The largest absolute Gasteiger partial charge is 0.385 e. The highest BCUT2D eigenvalue weighted by Gasteiger charge is 2.29. The molecule has 3 nitrogen and oxygen atoms in total. The van der Waals surface area contributed by atoms with Gasteiger partial charge in [-0.05, 0) is 48.8 Å². The van der Waals surface area contributed by atoms with Gasteiger partial charge in [-0.15, -0.1) is 0 Å². The summed E-state index contributed by atoms with van der Waals surface area (Å²) in [5.74, 6) is 0. The lowest BCUT2D eigenvalue weighted by atomic mass is 9.91. The van der Waals surface area contributed by atoms with Crippen molar-refractivity contribution in [2.45, 2.75) is 39.3 Å². The molecular weight excluding hydrogens is 419 g/mol. The van der Waals surface area contributed by atoms with Crippen LogP contribution in [0.2, 0.25) is 5.02 Å². The second kappa shape index (κ2) is 6.41. The van der Waals surface area contributed by atoms with Gasteiger partial charge >= 0.3 is 0 Å². The average Bonchev–Trinajstić information content (AvgIpc) is 2.65. The van der Waals surface area contributed by atoms with Crippen LogP contribution in [0.1, 0.15) is 30.8 Å². The Morgan fingerprint density at radius 3 is 2.62 bits per heavy atom. The Kier molecular flexibility index (Phi) is 5.19. The van der Waals surface area contributed by atoms with E-state index in [0.717, 1.165) is 26.9 Å². The quantitative estimate of drug-likeness (QED) is 0.745. The summed E-state index contributed by atoms with van der Waals surface area (Å²) in [7, 11) is 0. The maximum Gasteiger partial charge on any atom is 0.0938 e. The maximum absolute atomic E-state index is 10.9. The average molecular weight is 437 g/mol. The van der Waals surface area contributed by atoms with E-state index in [2.05, 4.69) is 37.0 Å². The Morgan fingerprint density at radius 2 is 2.05 bits per heavy atom. The highest BCUT2D eigenvalue weighted by molar-refractivity contribution is 9.10. The predicted octanol–water partition coefficient (Wildman–Crippen LogP) is 4.84. The number of hydrogen-bond acceptors (Lipinski definition) is 2. The number of benzene rings is 1. The summed E-state index contributed by atoms with van der Waals surface area (Å²) in [4.78, 5) is 0. The topological polar surface area (TPSA) is 38.0 Å². The molecule has 1 aromatic carbocycles. The fraction of sp³-hybridized carbons (Fsp3) is 0.400. The van der Waals surface area contributed by atoms with Crippen LogP contribution < -0.4 is 0 Å². The van der Waals surface area contributed by atoms with E-state index in [1.165, 1.54) is 0 Å². The van der Waals surface area contributed by atoms with Crippen molar-refractivity contribution in [3.8, 4) is 0 Å². The molecule has 0 bridgehead atoms. The highest BCUT2D eigenvalue weighted by atomic mass is 79.9. The summed E-state index contributed by atoms with van der Waals surface area (Å²) < 4.78 is 3.74. The third-order valence-corrected chi connectivity index (χ3v) is 5.31.